The average molecular weight is 265 g/mol. The minimum atomic E-state index is -2.63. The Hall–Kier alpha value is -1.47. The van der Waals surface area contributed by atoms with E-state index in [-0.39, 0.29) is 18.0 Å². The van der Waals surface area contributed by atoms with Gasteiger partial charge >= 0.3 is 0 Å². The number of halogens is 3. The molecule has 0 saturated carbocycles. The lowest BCUT2D eigenvalue weighted by molar-refractivity contribution is 0.0820. The first kappa shape index (κ1) is 14.6. The average Bonchev–Trinajstić information content (AvgIpc) is 2.34. The highest BCUT2D eigenvalue weighted by Crippen LogP contribution is 2.25. The summed E-state index contributed by atoms with van der Waals surface area (Å²) in [7, 11) is 0. The molecule has 0 saturated heterocycles. The maximum Gasteiger partial charge on any atom is 0.272 e. The van der Waals surface area contributed by atoms with Crippen LogP contribution in [0.15, 0.2) is 18.2 Å². The van der Waals surface area contributed by atoms with Crippen LogP contribution < -0.4 is 10.1 Å². The van der Waals surface area contributed by atoms with Gasteiger partial charge in [-0.05, 0) is 12.1 Å². The number of benzene rings is 1. The van der Waals surface area contributed by atoms with Crippen LogP contribution in [0.1, 0.15) is 0 Å². The third-order valence-corrected chi connectivity index (χ3v) is 2.05. The molecule has 0 aliphatic heterocycles. The number of aliphatic hydroxyl groups is 2. The highest BCUT2D eigenvalue weighted by molar-refractivity contribution is 5.56. The zero-order valence-corrected chi connectivity index (χ0v) is 9.44. The summed E-state index contributed by atoms with van der Waals surface area (Å²) in [5.74, 6) is -0.512. The molecule has 0 aliphatic carbocycles. The molecular weight excluding hydrogens is 251 g/mol. The van der Waals surface area contributed by atoms with Gasteiger partial charge in [0, 0.05) is 12.6 Å². The molecule has 1 unspecified atom stereocenters. The Bertz CT molecular complexity index is 377. The van der Waals surface area contributed by atoms with Gasteiger partial charge in [-0.3, -0.25) is 0 Å². The Morgan fingerprint density at radius 2 is 2.06 bits per heavy atom. The van der Waals surface area contributed by atoms with Crippen molar-refractivity contribution in [3.63, 3.8) is 0 Å². The van der Waals surface area contributed by atoms with Crippen molar-refractivity contribution >= 4 is 5.69 Å². The molecule has 0 radical (unpaired) electrons. The van der Waals surface area contributed by atoms with E-state index in [1.807, 2.05) is 0 Å². The minimum Gasteiger partial charge on any atom is -0.485 e. The van der Waals surface area contributed by atoms with Crippen LogP contribution in [0.4, 0.5) is 18.9 Å². The molecule has 0 heterocycles. The van der Waals surface area contributed by atoms with Gasteiger partial charge in [-0.2, -0.15) is 0 Å². The van der Waals surface area contributed by atoms with Crippen LogP contribution >= 0.6 is 0 Å². The summed E-state index contributed by atoms with van der Waals surface area (Å²) >= 11 is 0. The minimum absolute atomic E-state index is 0.0506. The molecule has 0 bridgehead atoms. The maximum absolute atomic E-state index is 13.0. The summed E-state index contributed by atoms with van der Waals surface area (Å²) in [6, 6.07) is 3.35. The second-order valence-electron chi connectivity index (χ2n) is 3.56. The fourth-order valence-electron chi connectivity index (χ4n) is 1.21. The number of nitrogens with one attached hydrogen (secondary N) is 1. The molecule has 18 heavy (non-hydrogen) atoms. The van der Waals surface area contributed by atoms with Gasteiger partial charge in [-0.15, -0.1) is 0 Å². The molecule has 7 heteroatoms. The SMILES string of the molecule is OCC(O)CNc1cc(F)ccc1OCC(F)F. The number of anilines is 1. The van der Waals surface area contributed by atoms with E-state index in [0.29, 0.717) is 0 Å². The topological polar surface area (TPSA) is 61.7 Å². The van der Waals surface area contributed by atoms with Crippen LogP contribution in [0.2, 0.25) is 0 Å². The second-order valence-corrected chi connectivity index (χ2v) is 3.56. The zero-order valence-electron chi connectivity index (χ0n) is 9.44. The Morgan fingerprint density at radius 1 is 1.33 bits per heavy atom. The summed E-state index contributed by atoms with van der Waals surface area (Å²) in [5, 5.41) is 20.4. The number of hydrogen-bond donors (Lipinski definition) is 3. The van der Waals surface area contributed by atoms with Gasteiger partial charge in [0.05, 0.1) is 18.4 Å². The van der Waals surface area contributed by atoms with Gasteiger partial charge in [0.15, 0.2) is 0 Å². The van der Waals surface area contributed by atoms with Crippen molar-refractivity contribution in [1.82, 2.24) is 0 Å². The lowest BCUT2D eigenvalue weighted by Crippen LogP contribution is -2.23. The Balaban J connectivity index is 2.70. The molecule has 4 nitrogen and oxygen atoms in total. The van der Waals surface area contributed by atoms with Gasteiger partial charge in [0.1, 0.15) is 18.2 Å². The van der Waals surface area contributed by atoms with Crippen LogP contribution in [0.5, 0.6) is 5.75 Å². The van der Waals surface area contributed by atoms with E-state index in [1.165, 1.54) is 6.07 Å². The predicted molar refractivity (Wildman–Crippen MR) is 59.5 cm³/mol. The summed E-state index contributed by atoms with van der Waals surface area (Å²) in [6.45, 7) is -1.32. The molecular formula is C11H14F3NO3. The first-order valence-electron chi connectivity index (χ1n) is 5.26. The lowest BCUT2D eigenvalue weighted by atomic mass is 10.2. The van der Waals surface area contributed by atoms with Crippen LogP contribution in [-0.4, -0.2) is 42.5 Å². The molecule has 0 amide bonds. The first-order chi connectivity index (χ1) is 8.52. The van der Waals surface area contributed by atoms with Gasteiger partial charge in [0.25, 0.3) is 6.43 Å². The van der Waals surface area contributed by atoms with E-state index >= 15 is 0 Å². The molecule has 1 aromatic carbocycles. The van der Waals surface area contributed by atoms with E-state index in [9.17, 15) is 13.2 Å². The van der Waals surface area contributed by atoms with Crippen molar-refractivity contribution in [3.8, 4) is 5.75 Å². The summed E-state index contributed by atoms with van der Waals surface area (Å²) in [6.07, 6.45) is -3.66. The lowest BCUT2D eigenvalue weighted by Gasteiger charge is -2.15. The Labute approximate surface area is 102 Å². The number of hydrogen-bond acceptors (Lipinski definition) is 4. The second kappa shape index (κ2) is 7.07. The summed E-state index contributed by atoms with van der Waals surface area (Å²) in [4.78, 5) is 0. The van der Waals surface area contributed by atoms with E-state index < -0.39 is 31.6 Å². The summed E-state index contributed by atoms with van der Waals surface area (Å²) < 4.78 is 41.8. The molecule has 0 spiro atoms. The van der Waals surface area contributed by atoms with Crippen molar-refractivity contribution in [2.75, 3.05) is 25.1 Å². The monoisotopic (exact) mass is 265 g/mol. The number of alkyl halides is 2. The number of rotatable bonds is 7. The third kappa shape index (κ3) is 4.80. The van der Waals surface area contributed by atoms with Gasteiger partial charge in [0.2, 0.25) is 0 Å². The van der Waals surface area contributed by atoms with Crippen molar-refractivity contribution in [2.24, 2.45) is 0 Å². The van der Waals surface area contributed by atoms with Crippen LogP contribution in [0, 0.1) is 5.82 Å². The summed E-state index contributed by atoms with van der Waals surface area (Å²) in [5.41, 5.74) is 0.142. The van der Waals surface area contributed by atoms with Gasteiger partial charge < -0.3 is 20.3 Å². The molecule has 3 N–H and O–H groups in total. The highest BCUT2D eigenvalue weighted by atomic mass is 19.3. The first-order valence-corrected chi connectivity index (χ1v) is 5.26. The molecule has 102 valence electrons. The van der Waals surface area contributed by atoms with Crippen LogP contribution in [0.3, 0.4) is 0 Å². The van der Waals surface area contributed by atoms with Gasteiger partial charge in [-0.1, -0.05) is 0 Å². The Morgan fingerprint density at radius 3 is 2.67 bits per heavy atom. The van der Waals surface area contributed by atoms with Crippen LogP contribution in [0.25, 0.3) is 0 Å². The predicted octanol–water partition coefficient (Wildman–Crippen LogP) is 1.23. The van der Waals surface area contributed by atoms with E-state index in [1.54, 1.807) is 0 Å². The van der Waals surface area contributed by atoms with E-state index in [2.05, 4.69) is 5.32 Å². The van der Waals surface area contributed by atoms with Crippen molar-refractivity contribution in [2.45, 2.75) is 12.5 Å². The maximum atomic E-state index is 13.0. The third-order valence-electron chi connectivity index (χ3n) is 2.05. The number of aliphatic hydroxyl groups excluding tert-OH is 2. The fourth-order valence-corrected chi connectivity index (χ4v) is 1.21. The standard InChI is InChI=1S/C11H14F3NO3/c12-7-1-2-10(18-6-11(13)14)9(3-7)15-4-8(17)5-16/h1-3,8,11,15-17H,4-6H2. The smallest absolute Gasteiger partial charge is 0.272 e. The molecule has 1 atom stereocenters. The Kier molecular flexibility index (Phi) is 5.73. The zero-order chi connectivity index (χ0) is 13.5. The highest BCUT2D eigenvalue weighted by Gasteiger charge is 2.10. The molecule has 0 fully saturated rings. The van der Waals surface area contributed by atoms with E-state index in [0.717, 1.165) is 12.1 Å². The molecule has 0 aromatic heterocycles. The largest absolute Gasteiger partial charge is 0.485 e. The van der Waals surface area contributed by atoms with Crippen molar-refractivity contribution < 1.29 is 28.1 Å². The fraction of sp³-hybridized carbons (Fsp3) is 0.455. The normalized spacial score (nSPS) is 12.6. The molecule has 1 aromatic rings. The molecule has 1 rings (SSSR count). The van der Waals surface area contributed by atoms with E-state index in [4.69, 9.17) is 14.9 Å². The quantitative estimate of drug-likeness (QED) is 0.694. The molecule has 0 aliphatic rings. The van der Waals surface area contributed by atoms with Gasteiger partial charge in [-0.25, -0.2) is 13.2 Å². The number of ether oxygens (including phenoxy) is 1. The van der Waals surface area contributed by atoms with Crippen molar-refractivity contribution in [1.29, 1.82) is 0 Å². The van der Waals surface area contributed by atoms with Crippen molar-refractivity contribution in [3.05, 3.63) is 24.0 Å². The van der Waals surface area contributed by atoms with Crippen LogP contribution in [-0.2, 0) is 0 Å².